The van der Waals surface area contributed by atoms with Crippen LogP contribution in [0.1, 0.15) is 36.2 Å². The number of thioether (sulfide) groups is 1. The number of anilines is 2. The van der Waals surface area contributed by atoms with Crippen molar-refractivity contribution >= 4 is 47.0 Å². The SMILES string of the molecule is N#Cc1c(N)nc(SCc2cccc(CCC(=O)N3CCN(CC4CCN(CCO)CC4)CC3)n2)nc1-c1ccc(NC(=O)C2OC(=O)C=CC(=O)O2)cc1. The summed E-state index contributed by atoms with van der Waals surface area (Å²) in [6.45, 7) is 7.38. The topological polar surface area (TPSA) is 217 Å². The molecule has 0 saturated carbocycles. The molecule has 1 aromatic carbocycles. The van der Waals surface area contributed by atoms with Gasteiger partial charge < -0.3 is 35.4 Å². The molecule has 0 spiro atoms. The Hall–Kier alpha value is -5.41. The molecule has 0 aliphatic carbocycles. The van der Waals surface area contributed by atoms with E-state index < -0.39 is 24.1 Å². The van der Waals surface area contributed by atoms with Crippen LogP contribution in [0.25, 0.3) is 11.3 Å². The number of piperazine rings is 1. The van der Waals surface area contributed by atoms with Crippen LogP contribution >= 0.6 is 11.8 Å². The number of carbonyl (C=O) groups is 4. The van der Waals surface area contributed by atoms with Crippen molar-refractivity contribution in [3.05, 3.63) is 71.6 Å². The van der Waals surface area contributed by atoms with Crippen LogP contribution in [0.5, 0.6) is 0 Å². The Labute approximate surface area is 322 Å². The number of likely N-dealkylation sites (tertiary alicyclic amines) is 1. The molecule has 2 amide bonds. The number of aryl methyl sites for hydroxylation is 1. The monoisotopic (exact) mass is 769 g/mol. The maximum Gasteiger partial charge on any atom is 0.334 e. The van der Waals surface area contributed by atoms with Gasteiger partial charge >= 0.3 is 24.1 Å². The van der Waals surface area contributed by atoms with E-state index in [4.69, 9.17) is 20.2 Å². The molecule has 2 fully saturated rings. The molecule has 3 aromatic rings. The molecule has 55 heavy (non-hydrogen) atoms. The molecule has 0 atom stereocenters. The summed E-state index contributed by atoms with van der Waals surface area (Å²) in [5.41, 5.74) is 9.00. The molecule has 0 bridgehead atoms. The minimum atomic E-state index is -1.76. The molecule has 6 rings (SSSR count). The predicted octanol–water partition coefficient (Wildman–Crippen LogP) is 1.99. The molecule has 5 heterocycles. The third-order valence-electron chi connectivity index (χ3n) is 9.64. The summed E-state index contributed by atoms with van der Waals surface area (Å²) in [6, 6.07) is 14.1. The predicted molar refractivity (Wildman–Crippen MR) is 202 cm³/mol. The zero-order valence-electron chi connectivity index (χ0n) is 30.3. The van der Waals surface area contributed by atoms with Gasteiger partial charge in [0.2, 0.25) is 5.91 Å². The highest BCUT2D eigenvalue weighted by molar-refractivity contribution is 7.98. The van der Waals surface area contributed by atoms with Crippen LogP contribution in [0.4, 0.5) is 11.5 Å². The number of ether oxygens (including phenoxy) is 2. The van der Waals surface area contributed by atoms with E-state index in [1.165, 1.54) is 11.8 Å². The molecule has 0 radical (unpaired) electrons. The number of nitrogens with zero attached hydrogens (tertiary/aromatic N) is 7. The van der Waals surface area contributed by atoms with Crippen LogP contribution in [0, 0.1) is 17.2 Å². The Balaban J connectivity index is 0.988. The molecular formula is C38H43N9O7S. The number of cyclic esters (lactones) is 2. The van der Waals surface area contributed by atoms with Gasteiger partial charge in [-0.1, -0.05) is 30.0 Å². The Kier molecular flexibility index (Phi) is 13.4. The largest absolute Gasteiger partial charge is 0.412 e. The molecule has 2 saturated heterocycles. The minimum Gasteiger partial charge on any atom is -0.412 e. The van der Waals surface area contributed by atoms with Gasteiger partial charge in [0.1, 0.15) is 17.5 Å². The quantitative estimate of drug-likeness (QED) is 0.129. The summed E-state index contributed by atoms with van der Waals surface area (Å²) >= 11 is 1.30. The molecule has 0 unspecified atom stereocenters. The van der Waals surface area contributed by atoms with Gasteiger partial charge in [0.15, 0.2) is 5.16 Å². The van der Waals surface area contributed by atoms with Crippen molar-refractivity contribution < 1.29 is 33.8 Å². The molecule has 2 aromatic heterocycles. The van der Waals surface area contributed by atoms with Crippen molar-refractivity contribution in [2.24, 2.45) is 5.92 Å². The van der Waals surface area contributed by atoms with Crippen LogP contribution in [0.15, 0.2) is 59.8 Å². The molecule has 288 valence electrons. The maximum atomic E-state index is 13.1. The minimum absolute atomic E-state index is 0.0126. The number of amides is 2. The molecule has 3 aliphatic rings. The van der Waals surface area contributed by atoms with Crippen LogP contribution < -0.4 is 11.1 Å². The average Bonchev–Trinajstić information content (AvgIpc) is 3.37. The second-order valence-electron chi connectivity index (χ2n) is 13.4. The number of aromatic nitrogens is 3. The number of nitriles is 1. The van der Waals surface area contributed by atoms with Gasteiger partial charge in [-0.2, -0.15) is 5.26 Å². The lowest BCUT2D eigenvalue weighted by molar-refractivity contribution is -0.182. The molecule has 4 N–H and O–H groups in total. The number of β-amino-alcohol motifs (C(OH)–C–C–N with tert-alkyl or cyclic N) is 1. The summed E-state index contributed by atoms with van der Waals surface area (Å²) in [6.07, 6.45) is 3.20. The normalized spacial score (nSPS) is 17.3. The van der Waals surface area contributed by atoms with Gasteiger partial charge in [-0.15, -0.1) is 0 Å². The molecule has 3 aliphatic heterocycles. The Morgan fingerprint density at radius 2 is 1.62 bits per heavy atom. The lowest BCUT2D eigenvalue weighted by Crippen LogP contribution is -2.50. The van der Waals surface area contributed by atoms with Gasteiger partial charge in [0, 0.05) is 80.5 Å². The number of aliphatic hydroxyl groups excluding tert-OH is 1. The summed E-state index contributed by atoms with van der Waals surface area (Å²) in [7, 11) is 0. The van der Waals surface area contributed by atoms with E-state index in [0.29, 0.717) is 46.6 Å². The van der Waals surface area contributed by atoms with Crippen LogP contribution in [0.3, 0.4) is 0 Å². The van der Waals surface area contributed by atoms with E-state index >= 15 is 0 Å². The van der Waals surface area contributed by atoms with Crippen LogP contribution in [-0.4, -0.2) is 124 Å². The van der Waals surface area contributed by atoms with Gasteiger partial charge in [-0.05, 0) is 62.5 Å². The lowest BCUT2D eigenvalue weighted by Gasteiger charge is -2.38. The van der Waals surface area contributed by atoms with Crippen LogP contribution in [0.2, 0.25) is 0 Å². The second kappa shape index (κ2) is 18.8. The smallest absolute Gasteiger partial charge is 0.334 e. The van der Waals surface area contributed by atoms with Crippen LogP contribution in [-0.2, 0) is 40.8 Å². The average molecular weight is 770 g/mol. The van der Waals surface area contributed by atoms with Gasteiger partial charge in [0.05, 0.1) is 18.0 Å². The number of nitrogens with one attached hydrogen (secondary N) is 1. The number of pyridine rings is 1. The number of nitrogen functional groups attached to an aromatic ring is 1. The zero-order chi connectivity index (χ0) is 38.7. The van der Waals surface area contributed by atoms with Crippen molar-refractivity contribution in [3.63, 3.8) is 0 Å². The molecule has 16 nitrogen and oxygen atoms in total. The molecule has 17 heteroatoms. The first-order chi connectivity index (χ1) is 26.7. The highest BCUT2D eigenvalue weighted by Gasteiger charge is 2.29. The van der Waals surface area contributed by atoms with Crippen molar-refractivity contribution in [3.8, 4) is 17.3 Å². The number of nitrogens with two attached hydrogens (primary N) is 1. The first-order valence-corrected chi connectivity index (χ1v) is 19.1. The third kappa shape index (κ3) is 10.9. The van der Waals surface area contributed by atoms with E-state index in [2.05, 4.69) is 31.2 Å². The number of piperidine rings is 1. The Morgan fingerprint density at radius 3 is 2.29 bits per heavy atom. The van der Waals surface area contributed by atoms with Crippen molar-refractivity contribution in [2.45, 2.75) is 42.9 Å². The molecular weight excluding hydrogens is 727 g/mol. The highest BCUT2D eigenvalue weighted by Crippen LogP contribution is 2.30. The zero-order valence-corrected chi connectivity index (χ0v) is 31.1. The fourth-order valence-electron chi connectivity index (χ4n) is 6.67. The van der Waals surface area contributed by atoms with E-state index in [1.807, 2.05) is 23.1 Å². The number of aliphatic hydroxyl groups is 1. The van der Waals surface area contributed by atoms with E-state index in [0.717, 1.165) is 88.7 Å². The Morgan fingerprint density at radius 1 is 0.927 bits per heavy atom. The van der Waals surface area contributed by atoms with E-state index in [-0.39, 0.29) is 23.9 Å². The second-order valence-corrected chi connectivity index (χ2v) is 14.4. The summed E-state index contributed by atoms with van der Waals surface area (Å²) in [5.74, 6) is -1.41. The van der Waals surface area contributed by atoms with E-state index in [1.54, 1.807) is 24.3 Å². The summed E-state index contributed by atoms with van der Waals surface area (Å²) in [5, 5.41) is 21.9. The summed E-state index contributed by atoms with van der Waals surface area (Å²) < 4.78 is 9.65. The third-order valence-corrected chi connectivity index (χ3v) is 10.5. The van der Waals surface area contributed by atoms with Gasteiger partial charge in [-0.3, -0.25) is 19.5 Å². The van der Waals surface area contributed by atoms with Crippen molar-refractivity contribution in [2.75, 3.05) is 70.0 Å². The standard InChI is InChI=1S/C38H43N9O7S/c39-22-30-34(26-4-6-28(7-5-26)42-36(52)37-53-32(50)10-11-33(51)54-37)43-38(44-35(30)40)55-24-29-3-1-2-27(41-29)8-9-31(49)47-18-16-46(17-19-47)23-25-12-14-45(15-13-25)20-21-48/h1-7,10-11,25,37,48H,8-9,12-21,23-24H2,(H,42,52)(H2,40,43,44). The number of hydrogen-bond acceptors (Lipinski definition) is 15. The fourth-order valence-corrected chi connectivity index (χ4v) is 7.43. The number of carbonyl (C=O) groups excluding carboxylic acids is 4. The number of hydrogen-bond donors (Lipinski definition) is 3. The number of esters is 2. The Bertz CT molecular complexity index is 1920. The first-order valence-electron chi connectivity index (χ1n) is 18.2. The van der Waals surface area contributed by atoms with Crippen molar-refractivity contribution in [1.82, 2.24) is 29.7 Å². The number of benzene rings is 1. The van der Waals surface area contributed by atoms with Crippen molar-refractivity contribution in [1.29, 1.82) is 5.26 Å². The van der Waals surface area contributed by atoms with Gasteiger partial charge in [0.25, 0.3) is 0 Å². The lowest BCUT2D eigenvalue weighted by atomic mass is 9.96. The summed E-state index contributed by atoms with van der Waals surface area (Å²) in [4.78, 5) is 69.4. The highest BCUT2D eigenvalue weighted by atomic mass is 32.2. The fraction of sp³-hybridized carbons (Fsp3) is 0.421. The maximum absolute atomic E-state index is 13.1. The first kappa shape index (κ1) is 39.3. The van der Waals surface area contributed by atoms with Gasteiger partial charge in [-0.25, -0.2) is 19.6 Å². The number of rotatable bonds is 13. The van der Waals surface area contributed by atoms with E-state index in [9.17, 15) is 29.5 Å².